The molecule has 0 heterocycles. The van der Waals surface area contributed by atoms with Crippen molar-refractivity contribution in [2.75, 3.05) is 39.7 Å². The molecule has 0 bridgehead atoms. The van der Waals surface area contributed by atoms with Crippen LogP contribution in [0.25, 0.3) is 0 Å². The summed E-state index contributed by atoms with van der Waals surface area (Å²) in [6.45, 7) is 4.62. The highest BCUT2D eigenvalue weighted by Crippen LogP contribution is 2.17. The summed E-state index contributed by atoms with van der Waals surface area (Å²) < 4.78 is 23.5. The minimum Gasteiger partial charge on any atom is -0.398 e. The molecule has 0 aliphatic rings. The molecule has 0 radical (unpaired) electrons. The maximum atomic E-state index is 13.3. The van der Waals surface area contributed by atoms with Crippen molar-refractivity contribution in [1.82, 2.24) is 4.90 Å². The third-order valence-electron chi connectivity index (χ3n) is 3.09. The molecule has 1 atom stereocenters. The number of hydrogen-bond donors (Lipinski definition) is 1. The molecule has 0 spiro atoms. The van der Waals surface area contributed by atoms with Crippen LogP contribution in [0.1, 0.15) is 12.5 Å². The van der Waals surface area contributed by atoms with Crippen LogP contribution in [0.15, 0.2) is 18.2 Å². The third-order valence-corrected chi connectivity index (χ3v) is 3.09. The van der Waals surface area contributed by atoms with Gasteiger partial charge in [0, 0.05) is 39.0 Å². The Kier molecular flexibility index (Phi) is 6.77. The molecule has 0 aliphatic carbocycles. The third kappa shape index (κ3) is 5.14. The van der Waals surface area contributed by atoms with Crippen LogP contribution in [0, 0.1) is 5.82 Å². The predicted octanol–water partition coefficient (Wildman–Crippen LogP) is 1.89. The minimum atomic E-state index is -0.268. The number of benzene rings is 1. The van der Waals surface area contributed by atoms with Gasteiger partial charge in [-0.25, -0.2) is 4.39 Å². The summed E-state index contributed by atoms with van der Waals surface area (Å²) in [5.41, 5.74) is 7.28. The molecular formula is C14H23FN2O2. The molecule has 5 heteroatoms. The second-order valence-corrected chi connectivity index (χ2v) is 4.61. The molecule has 0 aliphatic heterocycles. The Bertz CT molecular complexity index is 388. The van der Waals surface area contributed by atoms with Crippen LogP contribution in [0.2, 0.25) is 0 Å². The van der Waals surface area contributed by atoms with Gasteiger partial charge in [-0.1, -0.05) is 0 Å². The van der Waals surface area contributed by atoms with Gasteiger partial charge in [0.25, 0.3) is 0 Å². The normalized spacial score (nSPS) is 12.9. The summed E-state index contributed by atoms with van der Waals surface area (Å²) >= 11 is 0. The van der Waals surface area contributed by atoms with Crippen LogP contribution in [0.3, 0.4) is 0 Å². The van der Waals surface area contributed by atoms with Crippen molar-refractivity contribution >= 4 is 5.69 Å². The zero-order chi connectivity index (χ0) is 14.3. The van der Waals surface area contributed by atoms with Crippen LogP contribution in [0.5, 0.6) is 0 Å². The van der Waals surface area contributed by atoms with E-state index in [1.54, 1.807) is 20.3 Å². The number of hydrogen-bond acceptors (Lipinski definition) is 4. The molecule has 1 unspecified atom stereocenters. The van der Waals surface area contributed by atoms with Crippen LogP contribution in [-0.4, -0.2) is 44.9 Å². The number of halogens is 1. The number of ether oxygens (including phenoxy) is 2. The molecule has 0 fully saturated rings. The SMILES string of the molecule is COCCN(Cc1cc(F)ccc1N)C(C)COC. The Morgan fingerprint density at radius 2 is 2.05 bits per heavy atom. The first-order valence-electron chi connectivity index (χ1n) is 6.34. The Labute approximate surface area is 114 Å². The van der Waals surface area contributed by atoms with E-state index in [-0.39, 0.29) is 11.9 Å². The number of nitrogens with zero attached hydrogens (tertiary/aromatic N) is 1. The second kappa shape index (κ2) is 8.09. The Morgan fingerprint density at radius 1 is 1.32 bits per heavy atom. The first-order valence-corrected chi connectivity index (χ1v) is 6.34. The Balaban J connectivity index is 2.77. The lowest BCUT2D eigenvalue weighted by Gasteiger charge is -2.28. The van der Waals surface area contributed by atoms with Gasteiger partial charge in [-0.05, 0) is 30.7 Å². The van der Waals surface area contributed by atoms with Crippen LogP contribution in [-0.2, 0) is 16.0 Å². The monoisotopic (exact) mass is 270 g/mol. The largest absolute Gasteiger partial charge is 0.398 e. The molecule has 0 saturated carbocycles. The number of anilines is 1. The number of nitrogens with two attached hydrogens (primary N) is 1. The van der Waals surface area contributed by atoms with E-state index >= 15 is 0 Å². The van der Waals surface area contributed by atoms with Gasteiger partial charge in [0.05, 0.1) is 13.2 Å². The van der Waals surface area contributed by atoms with Gasteiger partial charge in [-0.15, -0.1) is 0 Å². The standard InChI is InChI=1S/C14H23FN2O2/c1-11(10-19-3)17(6-7-18-2)9-12-8-13(15)4-5-14(12)16/h4-5,8,11H,6-7,9-10,16H2,1-3H3. The van der Waals surface area contributed by atoms with E-state index in [4.69, 9.17) is 15.2 Å². The summed E-state index contributed by atoms with van der Waals surface area (Å²) in [6.07, 6.45) is 0. The van der Waals surface area contributed by atoms with E-state index < -0.39 is 0 Å². The first-order chi connectivity index (χ1) is 9.08. The number of methoxy groups -OCH3 is 2. The van der Waals surface area contributed by atoms with Gasteiger partial charge >= 0.3 is 0 Å². The summed E-state index contributed by atoms with van der Waals surface area (Å²) in [5.74, 6) is -0.268. The summed E-state index contributed by atoms with van der Waals surface area (Å²) in [6, 6.07) is 4.66. The van der Waals surface area contributed by atoms with Gasteiger partial charge < -0.3 is 15.2 Å². The topological polar surface area (TPSA) is 47.7 Å². The van der Waals surface area contributed by atoms with Crippen LogP contribution in [0.4, 0.5) is 10.1 Å². The van der Waals surface area contributed by atoms with Gasteiger partial charge in [0.15, 0.2) is 0 Å². The first kappa shape index (κ1) is 15.9. The van der Waals surface area contributed by atoms with Gasteiger partial charge in [0.1, 0.15) is 5.82 Å². The number of nitrogen functional groups attached to an aromatic ring is 1. The van der Waals surface area contributed by atoms with Crippen LogP contribution < -0.4 is 5.73 Å². The Morgan fingerprint density at radius 3 is 2.68 bits per heavy atom. The molecule has 4 nitrogen and oxygen atoms in total. The lowest BCUT2D eigenvalue weighted by Crippen LogP contribution is -2.38. The molecule has 108 valence electrons. The summed E-state index contributed by atoms with van der Waals surface area (Å²) in [4.78, 5) is 2.16. The lowest BCUT2D eigenvalue weighted by atomic mass is 10.1. The zero-order valence-electron chi connectivity index (χ0n) is 11.9. The smallest absolute Gasteiger partial charge is 0.123 e. The second-order valence-electron chi connectivity index (χ2n) is 4.61. The van der Waals surface area contributed by atoms with Crippen molar-refractivity contribution in [3.8, 4) is 0 Å². The molecule has 0 aromatic heterocycles. The quantitative estimate of drug-likeness (QED) is 0.733. The zero-order valence-corrected chi connectivity index (χ0v) is 11.9. The van der Waals surface area contributed by atoms with Crippen LogP contribution >= 0.6 is 0 Å². The molecule has 1 aromatic carbocycles. The van der Waals surface area contributed by atoms with E-state index in [9.17, 15) is 4.39 Å². The molecule has 19 heavy (non-hydrogen) atoms. The average Bonchev–Trinajstić information content (AvgIpc) is 2.38. The molecule has 1 aromatic rings. The van der Waals surface area contributed by atoms with E-state index in [1.807, 2.05) is 0 Å². The lowest BCUT2D eigenvalue weighted by molar-refractivity contribution is 0.0706. The van der Waals surface area contributed by atoms with E-state index in [0.29, 0.717) is 25.4 Å². The van der Waals surface area contributed by atoms with Gasteiger partial charge in [0.2, 0.25) is 0 Å². The fourth-order valence-electron chi connectivity index (χ4n) is 1.94. The van der Waals surface area contributed by atoms with E-state index in [1.165, 1.54) is 12.1 Å². The van der Waals surface area contributed by atoms with Crippen molar-refractivity contribution in [3.05, 3.63) is 29.6 Å². The van der Waals surface area contributed by atoms with Crippen molar-refractivity contribution in [2.24, 2.45) is 0 Å². The highest BCUT2D eigenvalue weighted by Gasteiger charge is 2.15. The molecule has 1 rings (SSSR count). The highest BCUT2D eigenvalue weighted by molar-refractivity contribution is 5.46. The van der Waals surface area contributed by atoms with Gasteiger partial charge in [-0.3, -0.25) is 4.90 Å². The number of rotatable bonds is 8. The predicted molar refractivity (Wildman–Crippen MR) is 74.4 cm³/mol. The van der Waals surface area contributed by atoms with Crippen molar-refractivity contribution in [2.45, 2.75) is 19.5 Å². The summed E-state index contributed by atoms with van der Waals surface area (Å²) in [7, 11) is 3.33. The molecule has 0 amide bonds. The van der Waals surface area contributed by atoms with Crippen molar-refractivity contribution < 1.29 is 13.9 Å². The maximum absolute atomic E-state index is 13.3. The molecule has 2 N–H and O–H groups in total. The highest BCUT2D eigenvalue weighted by atomic mass is 19.1. The fourth-order valence-corrected chi connectivity index (χ4v) is 1.94. The summed E-state index contributed by atoms with van der Waals surface area (Å²) in [5, 5.41) is 0. The molecule has 0 saturated heterocycles. The average molecular weight is 270 g/mol. The van der Waals surface area contributed by atoms with Gasteiger partial charge in [-0.2, -0.15) is 0 Å². The van der Waals surface area contributed by atoms with Crippen molar-refractivity contribution in [3.63, 3.8) is 0 Å². The van der Waals surface area contributed by atoms with Crippen molar-refractivity contribution in [1.29, 1.82) is 0 Å². The van der Waals surface area contributed by atoms with E-state index in [0.717, 1.165) is 12.1 Å². The Hall–Kier alpha value is -1.17. The maximum Gasteiger partial charge on any atom is 0.123 e. The molecular weight excluding hydrogens is 247 g/mol. The minimum absolute atomic E-state index is 0.211. The van der Waals surface area contributed by atoms with E-state index in [2.05, 4.69) is 11.8 Å². The fraction of sp³-hybridized carbons (Fsp3) is 0.571.